The van der Waals surface area contributed by atoms with E-state index in [4.69, 9.17) is 10.5 Å². The van der Waals surface area contributed by atoms with Crippen molar-refractivity contribution in [2.75, 3.05) is 6.61 Å². The Kier molecular flexibility index (Phi) is 5.50. The molecule has 2 nitrogen and oxygen atoms in total. The van der Waals surface area contributed by atoms with Crippen molar-refractivity contribution in [2.24, 2.45) is 23.5 Å². The van der Waals surface area contributed by atoms with Crippen molar-refractivity contribution in [3.8, 4) is 0 Å². The van der Waals surface area contributed by atoms with Crippen LogP contribution in [-0.4, -0.2) is 18.8 Å². The average Bonchev–Trinajstić information content (AvgIpc) is 2.36. The van der Waals surface area contributed by atoms with Crippen LogP contribution >= 0.6 is 0 Å². The van der Waals surface area contributed by atoms with E-state index in [1.807, 2.05) is 0 Å². The van der Waals surface area contributed by atoms with Gasteiger partial charge in [0.15, 0.2) is 0 Å². The molecule has 0 amide bonds. The third-order valence-electron chi connectivity index (χ3n) is 5.24. The Morgan fingerprint density at radius 3 is 2.56 bits per heavy atom. The molecule has 0 spiro atoms. The van der Waals surface area contributed by atoms with Crippen LogP contribution < -0.4 is 5.73 Å². The van der Waals surface area contributed by atoms with E-state index in [9.17, 15) is 0 Å². The Labute approximate surface area is 113 Å². The Morgan fingerprint density at radius 2 is 1.89 bits per heavy atom. The summed E-state index contributed by atoms with van der Waals surface area (Å²) in [6.45, 7) is 5.29. The Balaban J connectivity index is 1.72. The lowest BCUT2D eigenvalue weighted by atomic mass is 9.69. The maximum Gasteiger partial charge on any atom is 0.0580 e. The van der Waals surface area contributed by atoms with Gasteiger partial charge < -0.3 is 10.5 Å². The van der Waals surface area contributed by atoms with Crippen LogP contribution in [0.1, 0.15) is 65.2 Å². The van der Waals surface area contributed by atoms with Crippen molar-refractivity contribution >= 4 is 0 Å². The highest BCUT2D eigenvalue weighted by atomic mass is 16.5. The molecule has 2 rings (SSSR count). The highest BCUT2D eigenvalue weighted by Crippen LogP contribution is 2.39. The summed E-state index contributed by atoms with van der Waals surface area (Å²) in [5, 5.41) is 0. The van der Waals surface area contributed by atoms with Gasteiger partial charge in [-0.3, -0.25) is 0 Å². The van der Waals surface area contributed by atoms with Crippen LogP contribution in [0.15, 0.2) is 0 Å². The van der Waals surface area contributed by atoms with E-state index < -0.39 is 0 Å². The number of ether oxygens (including phenoxy) is 1. The quantitative estimate of drug-likeness (QED) is 0.782. The molecule has 2 saturated carbocycles. The molecule has 2 heteroatoms. The number of rotatable bonds is 6. The van der Waals surface area contributed by atoms with Crippen LogP contribution in [0.4, 0.5) is 0 Å². The summed E-state index contributed by atoms with van der Waals surface area (Å²) in [6.07, 6.45) is 11.2. The van der Waals surface area contributed by atoms with Gasteiger partial charge in [-0.05, 0) is 50.4 Å². The zero-order chi connectivity index (χ0) is 13.0. The van der Waals surface area contributed by atoms with Gasteiger partial charge in [0.25, 0.3) is 0 Å². The first-order chi connectivity index (χ1) is 8.74. The molecule has 0 aromatic carbocycles. The molecule has 2 aliphatic carbocycles. The molecule has 0 saturated heterocycles. The monoisotopic (exact) mass is 253 g/mol. The molecule has 0 aliphatic heterocycles. The molecule has 2 fully saturated rings. The van der Waals surface area contributed by atoms with Crippen LogP contribution in [0.25, 0.3) is 0 Å². The minimum Gasteiger partial charge on any atom is -0.378 e. The maximum absolute atomic E-state index is 6.50. The van der Waals surface area contributed by atoms with E-state index >= 15 is 0 Å². The van der Waals surface area contributed by atoms with Crippen molar-refractivity contribution in [1.82, 2.24) is 0 Å². The van der Waals surface area contributed by atoms with Crippen LogP contribution in [0, 0.1) is 17.8 Å². The van der Waals surface area contributed by atoms with Gasteiger partial charge in [0.2, 0.25) is 0 Å². The maximum atomic E-state index is 6.50. The molecular formula is C16H31NO. The van der Waals surface area contributed by atoms with Gasteiger partial charge in [-0.2, -0.15) is 0 Å². The topological polar surface area (TPSA) is 35.2 Å². The van der Waals surface area contributed by atoms with E-state index in [1.54, 1.807) is 0 Å². The predicted molar refractivity (Wildman–Crippen MR) is 76.5 cm³/mol. The van der Waals surface area contributed by atoms with Crippen molar-refractivity contribution < 1.29 is 4.74 Å². The van der Waals surface area contributed by atoms with E-state index in [0.29, 0.717) is 12.1 Å². The lowest BCUT2D eigenvalue weighted by molar-refractivity contribution is -0.0310. The fraction of sp³-hybridized carbons (Fsp3) is 1.00. The fourth-order valence-corrected chi connectivity index (χ4v) is 4.11. The van der Waals surface area contributed by atoms with Gasteiger partial charge in [-0.1, -0.05) is 32.6 Å². The molecular weight excluding hydrogens is 222 g/mol. The van der Waals surface area contributed by atoms with Gasteiger partial charge in [0.05, 0.1) is 6.10 Å². The molecule has 0 aromatic rings. The highest BCUT2D eigenvalue weighted by molar-refractivity contribution is 4.88. The summed E-state index contributed by atoms with van der Waals surface area (Å²) in [5.74, 6) is 2.54. The first-order valence-corrected chi connectivity index (χ1v) is 8.11. The number of hydrogen-bond donors (Lipinski definition) is 1. The second-order valence-electron chi connectivity index (χ2n) is 6.43. The fourth-order valence-electron chi connectivity index (χ4n) is 4.11. The third kappa shape index (κ3) is 3.48. The Morgan fingerprint density at radius 1 is 1.17 bits per heavy atom. The normalized spacial score (nSPS) is 38.2. The standard InChI is InChI=1S/C16H31NO/c1-3-13-7-5-6-8-15(13)16(17)11-12-9-14(10-12)18-4-2/h12-16H,3-11,17H2,1-2H3. The molecule has 106 valence electrons. The van der Waals surface area contributed by atoms with Crippen LogP contribution in [-0.2, 0) is 4.74 Å². The summed E-state index contributed by atoms with van der Waals surface area (Å²) in [5.41, 5.74) is 6.50. The lowest BCUT2D eigenvalue weighted by Gasteiger charge is -2.40. The van der Waals surface area contributed by atoms with Gasteiger partial charge in [0.1, 0.15) is 0 Å². The summed E-state index contributed by atoms with van der Waals surface area (Å²) in [7, 11) is 0. The van der Waals surface area contributed by atoms with Crippen molar-refractivity contribution in [1.29, 1.82) is 0 Å². The smallest absolute Gasteiger partial charge is 0.0580 e. The van der Waals surface area contributed by atoms with Crippen LogP contribution in [0.3, 0.4) is 0 Å². The Hall–Kier alpha value is -0.0800. The summed E-state index contributed by atoms with van der Waals surface area (Å²) >= 11 is 0. The van der Waals surface area contributed by atoms with Crippen molar-refractivity contribution in [3.05, 3.63) is 0 Å². The van der Waals surface area contributed by atoms with Gasteiger partial charge in [-0.25, -0.2) is 0 Å². The molecule has 18 heavy (non-hydrogen) atoms. The molecule has 3 atom stereocenters. The van der Waals surface area contributed by atoms with E-state index in [-0.39, 0.29) is 0 Å². The van der Waals surface area contributed by atoms with Gasteiger partial charge in [-0.15, -0.1) is 0 Å². The van der Waals surface area contributed by atoms with Crippen molar-refractivity contribution in [2.45, 2.75) is 77.4 Å². The van der Waals surface area contributed by atoms with E-state index in [0.717, 1.165) is 24.4 Å². The molecule has 0 bridgehead atoms. The molecule has 0 heterocycles. The zero-order valence-corrected chi connectivity index (χ0v) is 12.2. The highest BCUT2D eigenvalue weighted by Gasteiger charge is 2.35. The van der Waals surface area contributed by atoms with Gasteiger partial charge in [0, 0.05) is 12.6 Å². The second kappa shape index (κ2) is 6.91. The van der Waals surface area contributed by atoms with Crippen molar-refractivity contribution in [3.63, 3.8) is 0 Å². The minimum atomic E-state index is 0.447. The minimum absolute atomic E-state index is 0.447. The summed E-state index contributed by atoms with van der Waals surface area (Å²) in [6, 6.07) is 0.447. The van der Waals surface area contributed by atoms with E-state index in [2.05, 4.69) is 13.8 Å². The van der Waals surface area contributed by atoms with Crippen LogP contribution in [0.5, 0.6) is 0 Å². The first kappa shape index (κ1) is 14.3. The average molecular weight is 253 g/mol. The molecule has 2 aliphatic rings. The second-order valence-corrected chi connectivity index (χ2v) is 6.43. The first-order valence-electron chi connectivity index (χ1n) is 8.11. The molecule has 2 N–H and O–H groups in total. The molecule has 3 unspecified atom stereocenters. The largest absolute Gasteiger partial charge is 0.378 e. The molecule has 0 aromatic heterocycles. The Bertz CT molecular complexity index is 237. The SMILES string of the molecule is CCOC1CC(CC(N)C2CCCCC2CC)C1. The third-order valence-corrected chi connectivity index (χ3v) is 5.24. The van der Waals surface area contributed by atoms with Gasteiger partial charge >= 0.3 is 0 Å². The predicted octanol–water partition coefficient (Wildman–Crippen LogP) is 3.74. The van der Waals surface area contributed by atoms with E-state index in [1.165, 1.54) is 51.4 Å². The zero-order valence-electron chi connectivity index (χ0n) is 12.2. The lowest BCUT2D eigenvalue weighted by Crippen LogP contribution is -2.42. The summed E-state index contributed by atoms with van der Waals surface area (Å²) < 4.78 is 5.64. The van der Waals surface area contributed by atoms with Crippen LogP contribution in [0.2, 0.25) is 0 Å². The number of hydrogen-bond acceptors (Lipinski definition) is 2. The molecule has 0 radical (unpaired) electrons. The number of nitrogens with two attached hydrogens (primary N) is 1. The summed E-state index contributed by atoms with van der Waals surface area (Å²) in [4.78, 5) is 0.